The largest absolute Gasteiger partial charge is 0.508 e. The first-order valence-electron chi connectivity index (χ1n) is 6.23. The van der Waals surface area contributed by atoms with Gasteiger partial charge in [0.05, 0.1) is 12.2 Å². The first-order chi connectivity index (χ1) is 9.11. The van der Waals surface area contributed by atoms with Gasteiger partial charge in [0.15, 0.2) is 0 Å². The number of aliphatic hydroxyl groups is 1. The molecule has 1 aliphatic heterocycles. The van der Waals surface area contributed by atoms with E-state index in [9.17, 15) is 9.18 Å². The predicted molar refractivity (Wildman–Crippen MR) is 67.5 cm³/mol. The van der Waals surface area contributed by atoms with Gasteiger partial charge in [0.25, 0.3) is 5.91 Å². The number of carbonyl (C=O) groups excluding carboxylic acids is 1. The van der Waals surface area contributed by atoms with E-state index in [-0.39, 0.29) is 23.8 Å². The molecule has 0 radical (unpaired) electrons. The van der Waals surface area contributed by atoms with Crippen molar-refractivity contribution < 1.29 is 19.4 Å². The van der Waals surface area contributed by atoms with Crippen LogP contribution in [0.5, 0.6) is 5.75 Å². The van der Waals surface area contributed by atoms with Crippen LogP contribution in [-0.2, 0) is 0 Å². The predicted octanol–water partition coefficient (Wildman–Crippen LogP) is 0.281. The van der Waals surface area contributed by atoms with Gasteiger partial charge in [-0.05, 0) is 12.1 Å². The van der Waals surface area contributed by atoms with Gasteiger partial charge in [-0.15, -0.1) is 0 Å². The summed E-state index contributed by atoms with van der Waals surface area (Å²) in [5, 5.41) is 18.0. The Balaban J connectivity index is 2.01. The number of phenols is 1. The van der Waals surface area contributed by atoms with E-state index in [2.05, 4.69) is 4.90 Å². The first-order valence-corrected chi connectivity index (χ1v) is 6.23. The number of hydrogen-bond acceptors (Lipinski definition) is 4. The van der Waals surface area contributed by atoms with Crippen molar-refractivity contribution in [3.8, 4) is 5.75 Å². The van der Waals surface area contributed by atoms with Gasteiger partial charge in [-0.25, -0.2) is 4.39 Å². The maximum absolute atomic E-state index is 13.6. The van der Waals surface area contributed by atoms with Crippen LogP contribution in [0, 0.1) is 5.82 Å². The molecule has 5 nitrogen and oxygen atoms in total. The van der Waals surface area contributed by atoms with Crippen LogP contribution >= 0.6 is 0 Å². The smallest absolute Gasteiger partial charge is 0.256 e. The van der Waals surface area contributed by atoms with Gasteiger partial charge < -0.3 is 15.1 Å². The van der Waals surface area contributed by atoms with Gasteiger partial charge in [-0.2, -0.15) is 0 Å². The number of rotatable bonds is 3. The van der Waals surface area contributed by atoms with Crippen molar-refractivity contribution in [2.75, 3.05) is 39.3 Å². The zero-order chi connectivity index (χ0) is 13.8. The summed E-state index contributed by atoms with van der Waals surface area (Å²) < 4.78 is 13.6. The fourth-order valence-electron chi connectivity index (χ4n) is 2.16. The summed E-state index contributed by atoms with van der Waals surface area (Å²) >= 11 is 0. The van der Waals surface area contributed by atoms with Gasteiger partial charge in [0, 0.05) is 38.8 Å². The number of halogens is 1. The van der Waals surface area contributed by atoms with Crippen LogP contribution in [0.1, 0.15) is 10.4 Å². The van der Waals surface area contributed by atoms with Crippen molar-refractivity contribution >= 4 is 5.91 Å². The third kappa shape index (κ3) is 3.21. The lowest BCUT2D eigenvalue weighted by Gasteiger charge is -2.34. The molecule has 0 unspecified atom stereocenters. The van der Waals surface area contributed by atoms with Crippen molar-refractivity contribution in [1.82, 2.24) is 9.80 Å². The van der Waals surface area contributed by atoms with Crippen molar-refractivity contribution in [2.45, 2.75) is 0 Å². The molecule has 1 heterocycles. The number of benzene rings is 1. The maximum Gasteiger partial charge on any atom is 0.256 e. The van der Waals surface area contributed by atoms with E-state index in [4.69, 9.17) is 10.2 Å². The Kier molecular flexibility index (Phi) is 4.34. The zero-order valence-electron chi connectivity index (χ0n) is 10.5. The molecular weight excluding hydrogens is 251 g/mol. The van der Waals surface area contributed by atoms with Gasteiger partial charge >= 0.3 is 0 Å². The van der Waals surface area contributed by atoms with Crippen molar-refractivity contribution in [3.63, 3.8) is 0 Å². The second-order valence-electron chi connectivity index (χ2n) is 4.52. The molecule has 2 N–H and O–H groups in total. The molecule has 104 valence electrons. The molecule has 1 amide bonds. The third-order valence-corrected chi connectivity index (χ3v) is 3.26. The second-order valence-corrected chi connectivity index (χ2v) is 4.52. The highest BCUT2D eigenvalue weighted by Crippen LogP contribution is 2.17. The highest BCUT2D eigenvalue weighted by atomic mass is 19.1. The lowest BCUT2D eigenvalue weighted by molar-refractivity contribution is 0.0610. The van der Waals surface area contributed by atoms with Crippen LogP contribution in [-0.4, -0.2) is 65.3 Å². The van der Waals surface area contributed by atoms with Crippen LogP contribution in [0.25, 0.3) is 0 Å². The Bertz CT molecular complexity index is 459. The molecule has 19 heavy (non-hydrogen) atoms. The molecule has 1 fully saturated rings. The number of aromatic hydroxyl groups is 1. The van der Waals surface area contributed by atoms with E-state index in [1.165, 1.54) is 12.1 Å². The standard InChI is InChI=1S/C13H17FN2O3/c14-12-9-10(18)1-2-11(12)13(19)16-5-3-15(4-6-16)7-8-17/h1-2,9,17-18H,3-8H2. The van der Waals surface area contributed by atoms with Crippen LogP contribution in [0.3, 0.4) is 0 Å². The molecule has 1 saturated heterocycles. The van der Waals surface area contributed by atoms with Crippen LogP contribution < -0.4 is 0 Å². The minimum atomic E-state index is -0.706. The SMILES string of the molecule is O=C(c1ccc(O)cc1F)N1CCN(CCO)CC1. The summed E-state index contributed by atoms with van der Waals surface area (Å²) in [5.74, 6) is -1.26. The molecule has 1 aromatic carbocycles. The molecule has 0 spiro atoms. The van der Waals surface area contributed by atoms with E-state index in [0.717, 1.165) is 6.07 Å². The molecule has 6 heteroatoms. The van der Waals surface area contributed by atoms with Gasteiger partial charge in [-0.1, -0.05) is 0 Å². The minimum absolute atomic E-state index is 0.0200. The summed E-state index contributed by atoms with van der Waals surface area (Å²) in [6, 6.07) is 3.54. The summed E-state index contributed by atoms with van der Waals surface area (Å²) in [4.78, 5) is 15.8. The number of carbonyl (C=O) groups is 1. The molecule has 0 aromatic heterocycles. The van der Waals surface area contributed by atoms with E-state index in [1.807, 2.05) is 0 Å². The number of hydrogen-bond donors (Lipinski definition) is 2. The first kappa shape index (κ1) is 13.8. The normalized spacial score (nSPS) is 16.6. The van der Waals surface area contributed by atoms with E-state index in [0.29, 0.717) is 32.7 Å². The zero-order valence-corrected chi connectivity index (χ0v) is 10.5. The Morgan fingerprint density at radius 3 is 2.53 bits per heavy atom. The molecule has 0 saturated carbocycles. The number of amides is 1. The summed E-state index contributed by atoms with van der Waals surface area (Å²) in [6.07, 6.45) is 0. The fraction of sp³-hybridized carbons (Fsp3) is 0.462. The fourth-order valence-corrected chi connectivity index (χ4v) is 2.16. The Labute approximate surface area is 110 Å². The highest BCUT2D eigenvalue weighted by Gasteiger charge is 2.23. The van der Waals surface area contributed by atoms with Crippen molar-refractivity contribution in [2.24, 2.45) is 0 Å². The average Bonchev–Trinajstić information content (AvgIpc) is 2.39. The number of β-amino-alcohol motifs (C(OH)–C–C–N with tert-alkyl or cyclic N) is 1. The second kappa shape index (κ2) is 5.99. The van der Waals surface area contributed by atoms with Gasteiger partial charge in [-0.3, -0.25) is 9.69 Å². The van der Waals surface area contributed by atoms with E-state index >= 15 is 0 Å². The number of phenolic OH excluding ortho intramolecular Hbond substituents is 1. The molecular formula is C13H17FN2O3. The number of aliphatic hydroxyl groups excluding tert-OH is 1. The average molecular weight is 268 g/mol. The van der Waals surface area contributed by atoms with Crippen molar-refractivity contribution in [3.05, 3.63) is 29.6 Å². The molecule has 0 bridgehead atoms. The monoisotopic (exact) mass is 268 g/mol. The molecule has 2 rings (SSSR count). The summed E-state index contributed by atoms with van der Waals surface area (Å²) in [7, 11) is 0. The molecule has 0 atom stereocenters. The molecule has 1 aliphatic rings. The third-order valence-electron chi connectivity index (χ3n) is 3.26. The number of nitrogens with zero attached hydrogens (tertiary/aromatic N) is 2. The summed E-state index contributed by atoms with van der Waals surface area (Å²) in [5.41, 5.74) is -0.0200. The van der Waals surface area contributed by atoms with Crippen LogP contribution in [0.2, 0.25) is 0 Å². The van der Waals surface area contributed by atoms with E-state index in [1.54, 1.807) is 4.90 Å². The Morgan fingerprint density at radius 2 is 1.95 bits per heavy atom. The Hall–Kier alpha value is -1.66. The number of piperazine rings is 1. The molecule has 1 aromatic rings. The molecule has 0 aliphatic carbocycles. The Morgan fingerprint density at radius 1 is 1.26 bits per heavy atom. The topological polar surface area (TPSA) is 64.0 Å². The lowest BCUT2D eigenvalue weighted by atomic mass is 10.1. The van der Waals surface area contributed by atoms with Crippen LogP contribution in [0.4, 0.5) is 4.39 Å². The highest BCUT2D eigenvalue weighted by molar-refractivity contribution is 5.94. The quantitative estimate of drug-likeness (QED) is 0.826. The maximum atomic E-state index is 13.6. The van der Waals surface area contributed by atoms with E-state index < -0.39 is 5.82 Å². The van der Waals surface area contributed by atoms with Gasteiger partial charge in [0.2, 0.25) is 0 Å². The summed E-state index contributed by atoms with van der Waals surface area (Å²) in [6.45, 7) is 3.06. The van der Waals surface area contributed by atoms with Crippen LogP contribution in [0.15, 0.2) is 18.2 Å². The lowest BCUT2D eigenvalue weighted by Crippen LogP contribution is -2.49. The van der Waals surface area contributed by atoms with Crippen molar-refractivity contribution in [1.29, 1.82) is 0 Å². The van der Waals surface area contributed by atoms with Gasteiger partial charge in [0.1, 0.15) is 11.6 Å². The minimum Gasteiger partial charge on any atom is -0.508 e.